The number of aromatic nitrogens is 4. The van der Waals surface area contributed by atoms with Crippen LogP contribution in [-0.2, 0) is 0 Å². The van der Waals surface area contributed by atoms with E-state index < -0.39 is 0 Å². The van der Waals surface area contributed by atoms with E-state index in [0.717, 1.165) is 66.5 Å². The topological polar surface area (TPSA) is 77.8 Å². The molecule has 0 unspecified atom stereocenters. The summed E-state index contributed by atoms with van der Waals surface area (Å²) in [6, 6.07) is 39.1. The molecule has 9 aromatic rings. The molecule has 0 radical (unpaired) electrons. The molecule has 6 heteroatoms. The van der Waals surface area contributed by atoms with Gasteiger partial charge in [-0.05, 0) is 59.2 Å². The Balaban J connectivity index is 1.26. The van der Waals surface area contributed by atoms with Gasteiger partial charge < -0.3 is 8.83 Å². The molecule has 0 aliphatic heterocycles. The van der Waals surface area contributed by atoms with Gasteiger partial charge >= 0.3 is 0 Å². The quantitative estimate of drug-likeness (QED) is 0.181. The van der Waals surface area contributed by atoms with Crippen molar-refractivity contribution in [2.45, 2.75) is 6.92 Å². The van der Waals surface area contributed by atoms with E-state index in [9.17, 15) is 0 Å². The monoisotopic (exact) mass is 632 g/mol. The van der Waals surface area contributed by atoms with Crippen molar-refractivity contribution < 1.29 is 8.83 Å². The molecule has 0 aliphatic rings. The fourth-order valence-corrected chi connectivity index (χ4v) is 6.61. The van der Waals surface area contributed by atoms with Crippen LogP contribution in [0.15, 0.2) is 143 Å². The largest absolute Gasteiger partial charge is 0.456 e. The first-order valence-electron chi connectivity index (χ1n) is 16.1. The van der Waals surface area contributed by atoms with E-state index in [0.29, 0.717) is 23.2 Å². The minimum atomic E-state index is 0.520. The van der Waals surface area contributed by atoms with Gasteiger partial charge in [0.05, 0.1) is 5.39 Å². The lowest BCUT2D eigenvalue weighted by Gasteiger charge is -2.11. The number of furan rings is 2. The average Bonchev–Trinajstić information content (AvgIpc) is 3.72. The number of fused-ring (bicyclic) bond motifs is 5. The number of hydrogen-bond acceptors (Lipinski definition) is 6. The van der Waals surface area contributed by atoms with Crippen LogP contribution >= 0.6 is 0 Å². The fourth-order valence-electron chi connectivity index (χ4n) is 6.61. The number of benzene rings is 5. The Kier molecular flexibility index (Phi) is 6.73. The molecule has 0 saturated carbocycles. The normalized spacial score (nSPS) is 11.8. The highest BCUT2D eigenvalue weighted by molar-refractivity contribution is 6.10. The molecule has 5 aromatic carbocycles. The van der Waals surface area contributed by atoms with Crippen LogP contribution in [-0.4, -0.2) is 19.9 Å². The van der Waals surface area contributed by atoms with Crippen molar-refractivity contribution in [2.75, 3.05) is 0 Å². The molecule has 0 atom stereocenters. The highest BCUT2D eigenvalue weighted by atomic mass is 16.3. The third kappa shape index (κ3) is 4.81. The number of nitrogens with zero attached hydrogens (tertiary/aromatic N) is 4. The van der Waals surface area contributed by atoms with Gasteiger partial charge in [0, 0.05) is 39.2 Å². The number of pyridine rings is 1. The molecule has 0 bridgehead atoms. The SMILES string of the molecule is C=Cc1c(/C=C\C)oc2cccc(-c3nc(-c4ccc(-c5ccc6ccccc6c5)cc4)nc(-c4ccnc5oc6ccccc6c45)n3)c12. The fraction of sp³-hybridized carbons (Fsp3) is 0.0233. The van der Waals surface area contributed by atoms with Crippen LogP contribution in [0.4, 0.5) is 0 Å². The zero-order chi connectivity index (χ0) is 32.9. The third-order valence-corrected chi connectivity index (χ3v) is 8.93. The number of rotatable bonds is 6. The highest BCUT2D eigenvalue weighted by Crippen LogP contribution is 2.38. The van der Waals surface area contributed by atoms with Crippen molar-refractivity contribution in [2.24, 2.45) is 0 Å². The Morgan fingerprint density at radius 3 is 2.10 bits per heavy atom. The Hall–Kier alpha value is -6.66. The van der Waals surface area contributed by atoms with E-state index in [1.807, 2.05) is 73.7 Å². The maximum absolute atomic E-state index is 6.25. The standard InChI is InChI=1S/C43H28N4O2/c1-3-10-35-31(4-2)38-33(14-9-16-37(38)48-35)41-45-40(28-20-17-27(18-21-28)30-22-19-26-11-5-6-12-29(26)25-30)46-42(47-41)34-23-24-44-43-39(34)32-13-7-8-15-36(32)49-43/h3-25H,2H2,1H3/b10-3-. The lowest BCUT2D eigenvalue weighted by molar-refractivity contribution is 0.603. The van der Waals surface area contributed by atoms with E-state index in [-0.39, 0.29) is 0 Å². The van der Waals surface area contributed by atoms with Crippen molar-refractivity contribution in [1.29, 1.82) is 0 Å². The molecule has 0 N–H and O–H groups in total. The molecule has 0 aliphatic carbocycles. The summed E-state index contributed by atoms with van der Waals surface area (Å²) in [5, 5.41) is 5.13. The van der Waals surface area contributed by atoms with Gasteiger partial charge in [-0.3, -0.25) is 0 Å². The van der Waals surface area contributed by atoms with Gasteiger partial charge in [0.2, 0.25) is 5.71 Å². The third-order valence-electron chi connectivity index (χ3n) is 8.93. The maximum atomic E-state index is 6.25. The van der Waals surface area contributed by atoms with E-state index in [2.05, 4.69) is 78.3 Å². The first kappa shape index (κ1) is 28.6. The van der Waals surface area contributed by atoms with Crippen molar-refractivity contribution in [3.8, 4) is 45.3 Å². The molecule has 49 heavy (non-hydrogen) atoms. The van der Waals surface area contributed by atoms with Crippen LogP contribution in [0.25, 0.3) is 101 Å². The van der Waals surface area contributed by atoms with Gasteiger partial charge in [-0.1, -0.05) is 110 Å². The van der Waals surface area contributed by atoms with Crippen LogP contribution in [0.1, 0.15) is 18.2 Å². The molecule has 0 spiro atoms. The van der Waals surface area contributed by atoms with Crippen molar-refractivity contribution in [1.82, 2.24) is 19.9 Å². The van der Waals surface area contributed by atoms with Gasteiger partial charge in [-0.2, -0.15) is 0 Å². The summed E-state index contributed by atoms with van der Waals surface area (Å²) in [7, 11) is 0. The Morgan fingerprint density at radius 1 is 0.592 bits per heavy atom. The van der Waals surface area contributed by atoms with E-state index in [4.69, 9.17) is 23.8 Å². The Morgan fingerprint density at radius 2 is 1.29 bits per heavy atom. The number of para-hydroxylation sites is 1. The second-order valence-electron chi connectivity index (χ2n) is 11.8. The van der Waals surface area contributed by atoms with Crippen LogP contribution in [0, 0.1) is 0 Å². The Bertz CT molecular complexity index is 2750. The summed E-state index contributed by atoms with van der Waals surface area (Å²) in [4.78, 5) is 19.9. The van der Waals surface area contributed by atoms with Crippen molar-refractivity contribution in [3.63, 3.8) is 0 Å². The van der Waals surface area contributed by atoms with E-state index in [1.165, 1.54) is 10.8 Å². The van der Waals surface area contributed by atoms with E-state index in [1.54, 1.807) is 6.20 Å². The number of hydrogen-bond donors (Lipinski definition) is 0. The second-order valence-corrected chi connectivity index (χ2v) is 11.8. The smallest absolute Gasteiger partial charge is 0.228 e. The van der Waals surface area contributed by atoms with Gasteiger partial charge in [0.15, 0.2) is 17.5 Å². The molecule has 9 rings (SSSR count). The first-order valence-corrected chi connectivity index (χ1v) is 16.1. The van der Waals surface area contributed by atoms with Crippen molar-refractivity contribution in [3.05, 3.63) is 145 Å². The summed E-state index contributed by atoms with van der Waals surface area (Å²) < 4.78 is 12.4. The minimum absolute atomic E-state index is 0.520. The van der Waals surface area contributed by atoms with Crippen LogP contribution in [0.3, 0.4) is 0 Å². The summed E-state index contributed by atoms with van der Waals surface area (Å²) in [6.45, 7) is 6.07. The molecular formula is C43H28N4O2. The molecular weight excluding hydrogens is 604 g/mol. The maximum Gasteiger partial charge on any atom is 0.228 e. The Labute approximate surface area is 281 Å². The summed E-state index contributed by atoms with van der Waals surface area (Å²) in [5.74, 6) is 2.33. The van der Waals surface area contributed by atoms with Crippen molar-refractivity contribution >= 4 is 56.0 Å². The second kappa shape index (κ2) is 11.5. The number of allylic oxidation sites excluding steroid dienone is 1. The molecule has 0 saturated heterocycles. The van der Waals surface area contributed by atoms with Gasteiger partial charge in [-0.25, -0.2) is 19.9 Å². The van der Waals surface area contributed by atoms with Gasteiger partial charge in [0.25, 0.3) is 0 Å². The molecule has 6 nitrogen and oxygen atoms in total. The molecule has 4 aromatic heterocycles. The lowest BCUT2D eigenvalue weighted by Crippen LogP contribution is -2.01. The van der Waals surface area contributed by atoms with Gasteiger partial charge in [0.1, 0.15) is 16.9 Å². The summed E-state index contributed by atoms with van der Waals surface area (Å²) >= 11 is 0. The predicted octanol–water partition coefficient (Wildman–Crippen LogP) is 11.4. The van der Waals surface area contributed by atoms with E-state index >= 15 is 0 Å². The van der Waals surface area contributed by atoms with Gasteiger partial charge in [-0.15, -0.1) is 0 Å². The molecule has 232 valence electrons. The summed E-state index contributed by atoms with van der Waals surface area (Å²) in [5.41, 5.74) is 7.67. The van der Waals surface area contributed by atoms with Crippen LogP contribution in [0.2, 0.25) is 0 Å². The molecule has 0 fully saturated rings. The minimum Gasteiger partial charge on any atom is -0.456 e. The molecule has 0 amide bonds. The van der Waals surface area contributed by atoms with Crippen LogP contribution < -0.4 is 0 Å². The zero-order valence-electron chi connectivity index (χ0n) is 26.6. The lowest BCUT2D eigenvalue weighted by atomic mass is 10.00. The predicted molar refractivity (Wildman–Crippen MR) is 199 cm³/mol. The molecule has 4 heterocycles. The zero-order valence-corrected chi connectivity index (χ0v) is 26.6. The highest BCUT2D eigenvalue weighted by Gasteiger charge is 2.21. The van der Waals surface area contributed by atoms with Crippen LogP contribution in [0.5, 0.6) is 0 Å². The first-order chi connectivity index (χ1) is 24.2. The average molecular weight is 633 g/mol. The summed E-state index contributed by atoms with van der Waals surface area (Å²) in [6.07, 6.45) is 7.45.